The van der Waals surface area contributed by atoms with Crippen LogP contribution in [0.1, 0.15) is 50.3 Å². The van der Waals surface area contributed by atoms with E-state index in [2.05, 4.69) is 11.9 Å². The fourth-order valence-corrected chi connectivity index (χ4v) is 4.25. The van der Waals surface area contributed by atoms with Gasteiger partial charge in [0.1, 0.15) is 17.8 Å². The topological polar surface area (TPSA) is 83.1 Å². The molecular formula is C35H43NO6. The summed E-state index contributed by atoms with van der Waals surface area (Å²) in [6.07, 6.45) is -0.0960. The fourth-order valence-electron chi connectivity index (χ4n) is 4.25. The van der Waals surface area contributed by atoms with E-state index in [-0.39, 0.29) is 32.0 Å². The SMILES string of the molecule is C=CCCC(=O)[C@@H](OCc1ccccc1)[C@H](OCc1ccccc1)[C@@H](COCc1ccccc1)NC(=O)OC(C)(C)C. The quantitative estimate of drug-likeness (QED) is 0.179. The number of amides is 1. The Balaban J connectivity index is 1.93. The maximum absolute atomic E-state index is 13.7. The van der Waals surface area contributed by atoms with Crippen LogP contribution in [0.5, 0.6) is 0 Å². The zero-order valence-electron chi connectivity index (χ0n) is 24.9. The molecule has 0 aromatic heterocycles. The monoisotopic (exact) mass is 573 g/mol. The second-order valence-corrected chi connectivity index (χ2v) is 11.0. The Morgan fingerprint density at radius 1 is 0.786 bits per heavy atom. The highest BCUT2D eigenvalue weighted by molar-refractivity contribution is 5.84. The molecule has 3 atom stereocenters. The molecule has 7 heteroatoms. The van der Waals surface area contributed by atoms with E-state index < -0.39 is 29.9 Å². The number of ketones is 1. The van der Waals surface area contributed by atoms with Crippen LogP contribution >= 0.6 is 0 Å². The molecule has 0 aliphatic rings. The van der Waals surface area contributed by atoms with Crippen molar-refractivity contribution in [2.24, 2.45) is 0 Å². The average molecular weight is 574 g/mol. The molecule has 0 aliphatic carbocycles. The number of hydrogen-bond acceptors (Lipinski definition) is 6. The molecule has 0 unspecified atom stereocenters. The lowest BCUT2D eigenvalue weighted by Gasteiger charge is -2.34. The predicted octanol–water partition coefficient (Wildman–Crippen LogP) is 6.80. The second kappa shape index (κ2) is 17.2. The number of nitrogens with one attached hydrogen (secondary N) is 1. The van der Waals surface area contributed by atoms with Gasteiger partial charge >= 0.3 is 6.09 Å². The van der Waals surface area contributed by atoms with Gasteiger partial charge < -0.3 is 24.3 Å². The lowest BCUT2D eigenvalue weighted by molar-refractivity contribution is -0.150. The highest BCUT2D eigenvalue weighted by Gasteiger charge is 2.38. The van der Waals surface area contributed by atoms with Crippen LogP contribution in [0, 0.1) is 0 Å². The molecule has 42 heavy (non-hydrogen) atoms. The first kappa shape index (κ1) is 32.7. The molecule has 3 aromatic carbocycles. The van der Waals surface area contributed by atoms with Gasteiger partial charge in [-0.1, -0.05) is 97.1 Å². The van der Waals surface area contributed by atoms with Crippen molar-refractivity contribution in [1.82, 2.24) is 5.32 Å². The molecule has 7 nitrogen and oxygen atoms in total. The van der Waals surface area contributed by atoms with Gasteiger partial charge in [0.2, 0.25) is 0 Å². The summed E-state index contributed by atoms with van der Waals surface area (Å²) in [7, 11) is 0. The van der Waals surface area contributed by atoms with Gasteiger partial charge in [-0.2, -0.15) is 0 Å². The average Bonchev–Trinajstić information content (AvgIpc) is 2.98. The molecule has 3 rings (SSSR count). The molecule has 3 aromatic rings. The van der Waals surface area contributed by atoms with Gasteiger partial charge in [0.15, 0.2) is 5.78 Å². The lowest BCUT2D eigenvalue weighted by Crippen LogP contribution is -2.55. The van der Waals surface area contributed by atoms with Gasteiger partial charge in [-0.05, 0) is 43.9 Å². The highest BCUT2D eigenvalue weighted by atomic mass is 16.6. The Hall–Kier alpha value is -3.78. The van der Waals surface area contributed by atoms with Gasteiger partial charge in [0.05, 0.1) is 32.5 Å². The number of alkyl carbamates (subject to hydrolysis) is 1. The Bertz CT molecular complexity index is 1210. The first-order valence-electron chi connectivity index (χ1n) is 14.3. The van der Waals surface area contributed by atoms with E-state index >= 15 is 0 Å². The standard InChI is InChI=1S/C35H43NO6/c1-5-6-22-31(37)33(41-25-29-20-14-9-15-21-29)32(40-24-28-18-12-8-13-19-28)30(36-34(38)42-35(2,3)4)26-39-23-27-16-10-7-11-17-27/h5,7-21,30,32-33H,1,6,22-26H2,2-4H3,(H,36,38)/t30-,32-,33-/m1/s1. The lowest BCUT2D eigenvalue weighted by atomic mass is 9.98. The molecule has 0 heterocycles. The number of rotatable bonds is 17. The van der Waals surface area contributed by atoms with E-state index in [0.29, 0.717) is 13.0 Å². The number of benzene rings is 3. The Labute approximate surface area is 249 Å². The minimum absolute atomic E-state index is 0.0630. The summed E-state index contributed by atoms with van der Waals surface area (Å²) in [5.41, 5.74) is 2.10. The number of ether oxygens (including phenoxy) is 4. The van der Waals surface area contributed by atoms with Crippen molar-refractivity contribution in [1.29, 1.82) is 0 Å². The third-order valence-corrected chi connectivity index (χ3v) is 6.28. The van der Waals surface area contributed by atoms with Crippen molar-refractivity contribution in [3.05, 3.63) is 120 Å². The van der Waals surface area contributed by atoms with Crippen LogP contribution in [-0.4, -0.2) is 42.3 Å². The Morgan fingerprint density at radius 3 is 1.79 bits per heavy atom. The third-order valence-electron chi connectivity index (χ3n) is 6.28. The summed E-state index contributed by atoms with van der Waals surface area (Å²) < 4.78 is 24.4. The molecule has 224 valence electrons. The smallest absolute Gasteiger partial charge is 0.408 e. The zero-order valence-corrected chi connectivity index (χ0v) is 24.9. The van der Waals surface area contributed by atoms with Gasteiger partial charge in [0.25, 0.3) is 0 Å². The van der Waals surface area contributed by atoms with Crippen LogP contribution in [0.3, 0.4) is 0 Å². The molecule has 0 aliphatic heterocycles. The fraction of sp³-hybridized carbons (Fsp3) is 0.371. The van der Waals surface area contributed by atoms with Crippen molar-refractivity contribution in [2.45, 2.75) is 77.3 Å². The van der Waals surface area contributed by atoms with Crippen molar-refractivity contribution in [3.8, 4) is 0 Å². The number of allylic oxidation sites excluding steroid dienone is 1. The van der Waals surface area contributed by atoms with Gasteiger partial charge in [0, 0.05) is 6.42 Å². The van der Waals surface area contributed by atoms with Crippen molar-refractivity contribution >= 4 is 11.9 Å². The minimum atomic E-state index is -0.992. The maximum Gasteiger partial charge on any atom is 0.408 e. The Kier molecular flexibility index (Phi) is 13.4. The molecule has 0 bridgehead atoms. The van der Waals surface area contributed by atoms with Crippen molar-refractivity contribution in [2.75, 3.05) is 6.61 Å². The van der Waals surface area contributed by atoms with E-state index in [1.165, 1.54) is 0 Å². The molecule has 0 radical (unpaired) electrons. The molecule has 0 saturated heterocycles. The largest absolute Gasteiger partial charge is 0.444 e. The minimum Gasteiger partial charge on any atom is -0.444 e. The first-order valence-corrected chi connectivity index (χ1v) is 14.3. The number of carbonyl (C=O) groups is 2. The van der Waals surface area contributed by atoms with E-state index in [9.17, 15) is 9.59 Å². The van der Waals surface area contributed by atoms with Crippen LogP contribution < -0.4 is 5.32 Å². The summed E-state index contributed by atoms with van der Waals surface area (Å²) in [5.74, 6) is -0.150. The van der Waals surface area contributed by atoms with E-state index in [0.717, 1.165) is 16.7 Å². The zero-order chi connectivity index (χ0) is 30.2. The summed E-state index contributed by atoms with van der Waals surface area (Å²) in [5, 5.41) is 2.92. The first-order chi connectivity index (χ1) is 20.2. The van der Waals surface area contributed by atoms with Crippen LogP contribution in [0.2, 0.25) is 0 Å². The van der Waals surface area contributed by atoms with Gasteiger partial charge in [-0.3, -0.25) is 4.79 Å². The molecule has 0 saturated carbocycles. The van der Waals surface area contributed by atoms with E-state index in [1.54, 1.807) is 26.8 Å². The van der Waals surface area contributed by atoms with Crippen molar-refractivity contribution < 1.29 is 28.5 Å². The molecule has 0 fully saturated rings. The number of hydrogen-bond donors (Lipinski definition) is 1. The van der Waals surface area contributed by atoms with Crippen molar-refractivity contribution in [3.63, 3.8) is 0 Å². The molecule has 1 N–H and O–H groups in total. The summed E-state index contributed by atoms with van der Waals surface area (Å²) >= 11 is 0. The maximum atomic E-state index is 13.7. The van der Waals surface area contributed by atoms with Crippen LogP contribution in [0.25, 0.3) is 0 Å². The predicted molar refractivity (Wildman–Crippen MR) is 164 cm³/mol. The molecular weight excluding hydrogens is 530 g/mol. The summed E-state index contributed by atoms with van der Waals surface area (Å²) in [6.45, 7) is 9.93. The number of carbonyl (C=O) groups excluding carboxylic acids is 2. The van der Waals surface area contributed by atoms with E-state index in [1.807, 2.05) is 91.0 Å². The van der Waals surface area contributed by atoms with Crippen LogP contribution in [-0.2, 0) is 43.6 Å². The second-order valence-electron chi connectivity index (χ2n) is 11.0. The Morgan fingerprint density at radius 2 is 1.29 bits per heavy atom. The highest BCUT2D eigenvalue weighted by Crippen LogP contribution is 2.20. The molecule has 0 spiro atoms. The van der Waals surface area contributed by atoms with E-state index in [4.69, 9.17) is 18.9 Å². The van der Waals surface area contributed by atoms with Gasteiger partial charge in [-0.25, -0.2) is 4.79 Å². The number of Topliss-reactive ketones (excluding diaryl/α,β-unsaturated/α-hetero) is 1. The van der Waals surface area contributed by atoms with Crippen LogP contribution in [0.15, 0.2) is 104 Å². The summed E-state index contributed by atoms with van der Waals surface area (Å²) in [4.78, 5) is 26.7. The van der Waals surface area contributed by atoms with Crippen LogP contribution in [0.4, 0.5) is 4.79 Å². The normalized spacial score (nSPS) is 13.5. The van der Waals surface area contributed by atoms with Gasteiger partial charge in [-0.15, -0.1) is 6.58 Å². The molecule has 1 amide bonds. The third kappa shape index (κ3) is 12.0. The summed E-state index contributed by atoms with van der Waals surface area (Å²) in [6, 6.07) is 28.3.